The number of fused-ring (bicyclic) bond motifs is 15. The zero-order valence-corrected chi connectivity index (χ0v) is 36.8. The van der Waals surface area contributed by atoms with Gasteiger partial charge < -0.3 is 49.9 Å². The molecular weight excluding hydrogens is 763 g/mol. The number of carbonyl (C=O) groups is 2. The lowest BCUT2D eigenvalue weighted by Crippen LogP contribution is -2.60. The number of thiophene rings is 1. The number of hydrogen-bond donors (Lipinski definition) is 4. The molecule has 6 heterocycles. The Morgan fingerprint density at radius 1 is 1.12 bits per heavy atom. The van der Waals surface area contributed by atoms with Crippen molar-refractivity contribution in [3.63, 3.8) is 0 Å². The van der Waals surface area contributed by atoms with E-state index in [9.17, 15) is 19.8 Å². The van der Waals surface area contributed by atoms with E-state index >= 15 is 0 Å². The molecular formula is C43H67N5O9S. The van der Waals surface area contributed by atoms with E-state index in [1.165, 1.54) is 11.3 Å². The Morgan fingerprint density at radius 2 is 1.86 bits per heavy atom. The third-order valence-corrected chi connectivity index (χ3v) is 13.5. The van der Waals surface area contributed by atoms with Gasteiger partial charge in [0.1, 0.15) is 29.5 Å². The molecule has 6 rings (SSSR count). The van der Waals surface area contributed by atoms with E-state index in [2.05, 4.69) is 29.3 Å². The Bertz CT molecular complexity index is 1720. The Balaban J connectivity index is 1.56. The maximum absolute atomic E-state index is 14.5. The number of pyridine rings is 1. The molecule has 4 aliphatic heterocycles. The highest BCUT2D eigenvalue weighted by Gasteiger charge is 2.51. The minimum atomic E-state index is -1.45. The number of anilines is 1. The molecule has 58 heavy (non-hydrogen) atoms. The number of likely N-dealkylation sites (N-methyl/N-ethyl adjacent to an activating group) is 1. The highest BCUT2D eigenvalue weighted by molar-refractivity contribution is 7.15. The molecule has 5 N–H and O–H groups in total. The van der Waals surface area contributed by atoms with Gasteiger partial charge in [-0.05, 0) is 123 Å². The van der Waals surface area contributed by atoms with Crippen LogP contribution in [-0.2, 0) is 40.0 Å². The molecule has 14 nitrogen and oxygen atoms in total. The highest BCUT2D eigenvalue weighted by atomic mass is 32.1. The average Bonchev–Trinajstić information content (AvgIpc) is 3.65. The maximum Gasteiger partial charge on any atom is 0.316 e. The lowest BCUT2D eigenvalue weighted by atomic mass is 9.73. The first-order valence-electron chi connectivity index (χ1n) is 20.8. The maximum atomic E-state index is 14.5. The number of aliphatic hydroxyl groups excluding tert-OH is 1. The molecule has 13 atom stereocenters. The zero-order chi connectivity index (χ0) is 42.5. The number of aromatic nitrogens is 1. The van der Waals surface area contributed by atoms with Crippen molar-refractivity contribution in [3.8, 4) is 10.6 Å². The molecule has 0 saturated carbocycles. The number of aliphatic hydroxyl groups is 2. The van der Waals surface area contributed by atoms with Crippen LogP contribution in [0.2, 0.25) is 0 Å². The van der Waals surface area contributed by atoms with E-state index in [1.807, 2.05) is 64.0 Å². The number of rotatable bonds is 8. The number of ketones is 1. The first kappa shape index (κ1) is 46.1. The van der Waals surface area contributed by atoms with Crippen LogP contribution >= 0.6 is 11.3 Å². The van der Waals surface area contributed by atoms with Crippen molar-refractivity contribution in [2.75, 3.05) is 33.0 Å². The predicted octanol–water partition coefficient (Wildman–Crippen LogP) is 5.19. The van der Waals surface area contributed by atoms with E-state index in [0.29, 0.717) is 50.2 Å². The topological polar surface area (TPSA) is 187 Å². The number of nitrogen functional groups attached to an aromatic ring is 1. The van der Waals surface area contributed by atoms with Crippen LogP contribution in [0, 0.1) is 23.7 Å². The molecule has 2 bridgehead atoms. The summed E-state index contributed by atoms with van der Waals surface area (Å²) in [4.78, 5) is 42.6. The summed E-state index contributed by atoms with van der Waals surface area (Å²) in [5.74, 6) is -3.14. The van der Waals surface area contributed by atoms with Crippen LogP contribution in [0.1, 0.15) is 92.4 Å². The Morgan fingerprint density at radius 3 is 2.55 bits per heavy atom. The summed E-state index contributed by atoms with van der Waals surface area (Å²) in [6.45, 7) is 15.6. The van der Waals surface area contributed by atoms with Crippen molar-refractivity contribution in [2.24, 2.45) is 28.8 Å². The molecule has 0 amide bonds. The van der Waals surface area contributed by atoms with Gasteiger partial charge in [0.2, 0.25) is 0 Å². The fourth-order valence-electron chi connectivity index (χ4n) is 9.05. The molecule has 0 radical (unpaired) electrons. The van der Waals surface area contributed by atoms with Crippen LogP contribution < -0.4 is 11.1 Å². The number of ether oxygens (including phenoxy) is 4. The second-order valence-corrected chi connectivity index (χ2v) is 18.7. The summed E-state index contributed by atoms with van der Waals surface area (Å²) < 4.78 is 26.1. The van der Waals surface area contributed by atoms with Gasteiger partial charge in [-0.2, -0.15) is 0 Å². The quantitative estimate of drug-likeness (QED) is 0.155. The van der Waals surface area contributed by atoms with Crippen molar-refractivity contribution in [3.05, 3.63) is 35.2 Å². The van der Waals surface area contributed by atoms with Crippen LogP contribution in [0.15, 0.2) is 35.5 Å². The number of Topliss-reactive ketones (excluding diaryl/α,β-unsaturated/α-hetero) is 1. The normalized spacial score (nSPS) is 38.0. The van der Waals surface area contributed by atoms with Crippen LogP contribution in [0.25, 0.3) is 10.6 Å². The summed E-state index contributed by atoms with van der Waals surface area (Å²) in [7, 11) is 3.81. The minimum absolute atomic E-state index is 0.0309. The second-order valence-electron chi connectivity index (χ2n) is 17.5. The molecule has 15 heteroatoms. The Hall–Kier alpha value is -3.02. The fraction of sp³-hybridized carbons (Fsp3) is 0.721. The van der Waals surface area contributed by atoms with E-state index in [1.54, 1.807) is 26.8 Å². The SMILES string of the molecule is CC[C@H]1OC(=O)[C@H](C)C(=O)[C@H](C)[C@@H](O[C@@H]2O[C@H](C)C[C@H](N(C)C)[C@H]2O)[C@@]2(C)C[C@@H](C)NC[C@H](C)[C@@H](CC/C(=N\OCc3ccc(-c4cccc(N)n4)s3)CO2)[C@]1(C)O. The van der Waals surface area contributed by atoms with Crippen LogP contribution in [0.5, 0.6) is 0 Å². The minimum Gasteiger partial charge on any atom is -0.459 e. The number of nitrogens with one attached hydrogen (secondary N) is 1. The van der Waals surface area contributed by atoms with Crippen LogP contribution in [-0.4, -0.2) is 119 Å². The predicted molar refractivity (Wildman–Crippen MR) is 224 cm³/mol. The van der Waals surface area contributed by atoms with E-state index in [4.69, 9.17) is 29.5 Å². The van der Waals surface area contributed by atoms with Gasteiger partial charge in [0.05, 0.1) is 40.7 Å². The van der Waals surface area contributed by atoms with Gasteiger partial charge in [-0.15, -0.1) is 11.3 Å². The number of nitrogens with zero attached hydrogens (tertiary/aromatic N) is 3. The molecule has 0 unspecified atom stereocenters. The average molecular weight is 830 g/mol. The van der Waals surface area contributed by atoms with Crippen molar-refractivity contribution in [1.29, 1.82) is 0 Å². The lowest BCUT2D eigenvalue weighted by Gasteiger charge is -2.47. The van der Waals surface area contributed by atoms with Gasteiger partial charge in [-0.25, -0.2) is 4.98 Å². The van der Waals surface area contributed by atoms with Gasteiger partial charge in [0.25, 0.3) is 0 Å². The number of hydrogen-bond acceptors (Lipinski definition) is 15. The molecule has 2 aromatic heterocycles. The molecule has 0 aromatic carbocycles. The van der Waals surface area contributed by atoms with Crippen molar-refractivity contribution >= 4 is 34.6 Å². The largest absolute Gasteiger partial charge is 0.459 e. The molecule has 0 spiro atoms. The molecule has 2 aromatic rings. The van der Waals surface area contributed by atoms with Crippen LogP contribution in [0.3, 0.4) is 0 Å². The molecule has 4 saturated heterocycles. The first-order chi connectivity index (χ1) is 27.3. The van der Waals surface area contributed by atoms with Gasteiger partial charge in [0, 0.05) is 22.9 Å². The fourth-order valence-corrected chi connectivity index (χ4v) is 9.93. The summed E-state index contributed by atoms with van der Waals surface area (Å²) in [6, 6.07) is 9.09. The van der Waals surface area contributed by atoms with Gasteiger partial charge in [-0.1, -0.05) is 32.0 Å². The van der Waals surface area contributed by atoms with Crippen molar-refractivity contribution in [1.82, 2.24) is 15.2 Å². The summed E-state index contributed by atoms with van der Waals surface area (Å²) in [5.41, 5.74) is 4.70. The lowest BCUT2D eigenvalue weighted by molar-refractivity contribution is -0.296. The van der Waals surface area contributed by atoms with Crippen molar-refractivity contribution in [2.45, 2.75) is 148 Å². The highest BCUT2D eigenvalue weighted by Crippen LogP contribution is 2.39. The van der Waals surface area contributed by atoms with Gasteiger partial charge in [0.15, 0.2) is 18.7 Å². The third-order valence-electron chi connectivity index (χ3n) is 12.5. The number of esters is 1. The van der Waals surface area contributed by atoms with E-state index < -0.39 is 59.4 Å². The van der Waals surface area contributed by atoms with Gasteiger partial charge in [-0.3, -0.25) is 9.59 Å². The first-order valence-corrected chi connectivity index (χ1v) is 21.6. The van der Waals surface area contributed by atoms with Gasteiger partial charge >= 0.3 is 5.97 Å². The monoisotopic (exact) mass is 829 g/mol. The van der Waals surface area contributed by atoms with Crippen LogP contribution in [0.4, 0.5) is 5.82 Å². The summed E-state index contributed by atoms with van der Waals surface area (Å²) in [5, 5.41) is 32.3. The standard InChI is InChI=1S/C43H67N5O9S/c1-11-35-43(8,52)31-17-15-29(47-54-23-30-16-18-34(58-30)32-13-12-14-36(44)46-32)22-53-42(7,20-25(3)45-21-24(31)2)39(27(5)37(49)28(6)40(51)56-35)57-41-38(50)33(48(9)10)19-26(4)55-41/h12-14,16,18,24-28,31,33,35,38-39,41,45,50,52H,11,15,17,19-23H2,1-10H3,(H2,44,46)/b47-29+/t24-,25+,26+,27-,28+,31+,33-,35+,38+,39+,41-,42+,43-/m0/s1. The Labute approximate surface area is 348 Å². The third kappa shape index (κ3) is 10.8. The molecule has 4 aliphatic rings. The second kappa shape index (κ2) is 19.6. The van der Waals surface area contributed by atoms with E-state index in [0.717, 1.165) is 15.4 Å². The molecule has 324 valence electrons. The smallest absolute Gasteiger partial charge is 0.316 e. The zero-order valence-electron chi connectivity index (χ0n) is 36.0. The Kier molecular flexibility index (Phi) is 15.5. The number of carbonyl (C=O) groups excluding carboxylic acids is 2. The molecule has 0 aliphatic carbocycles. The summed E-state index contributed by atoms with van der Waals surface area (Å²) in [6.07, 6.45) is -1.99. The van der Waals surface area contributed by atoms with Crippen molar-refractivity contribution < 1.29 is 43.6 Å². The number of oxime groups is 1. The molecule has 4 fully saturated rings. The number of nitrogens with two attached hydrogens (primary N) is 1. The van der Waals surface area contributed by atoms with E-state index in [-0.39, 0.29) is 43.2 Å². The summed E-state index contributed by atoms with van der Waals surface area (Å²) >= 11 is 1.54.